The van der Waals surface area contributed by atoms with Gasteiger partial charge in [0.25, 0.3) is 5.91 Å². The van der Waals surface area contributed by atoms with Gasteiger partial charge in [-0.25, -0.2) is 0 Å². The molecule has 1 aliphatic heterocycles. The third-order valence-electron chi connectivity index (χ3n) is 5.86. The van der Waals surface area contributed by atoms with Crippen molar-refractivity contribution in [2.45, 2.75) is 13.5 Å². The Labute approximate surface area is 186 Å². The molecule has 3 heterocycles. The van der Waals surface area contributed by atoms with E-state index in [-0.39, 0.29) is 5.91 Å². The molecule has 0 N–H and O–H groups in total. The lowest BCUT2D eigenvalue weighted by molar-refractivity contribution is 0.0737. The Hall–Kier alpha value is -3.18. The predicted molar refractivity (Wildman–Crippen MR) is 124 cm³/mol. The minimum Gasteiger partial charge on any atom is -0.460 e. The first-order chi connectivity index (χ1) is 15.1. The summed E-state index contributed by atoms with van der Waals surface area (Å²) >= 11 is 6.14. The summed E-state index contributed by atoms with van der Waals surface area (Å²) in [5.41, 5.74) is 4.64. The lowest BCUT2D eigenvalue weighted by Crippen LogP contribution is -2.49. The molecule has 1 fully saturated rings. The maximum atomic E-state index is 13.5. The maximum Gasteiger partial charge on any atom is 0.270 e. The molecule has 0 saturated carbocycles. The van der Waals surface area contributed by atoms with Crippen LogP contribution in [-0.2, 0) is 6.54 Å². The molecule has 0 aliphatic carbocycles. The third-order valence-corrected chi connectivity index (χ3v) is 6.09. The van der Waals surface area contributed by atoms with E-state index in [1.54, 1.807) is 0 Å². The zero-order valence-corrected chi connectivity index (χ0v) is 18.2. The fourth-order valence-corrected chi connectivity index (χ4v) is 4.47. The molecule has 6 heteroatoms. The quantitative estimate of drug-likeness (QED) is 0.443. The minimum absolute atomic E-state index is 0.0470. The van der Waals surface area contributed by atoms with Gasteiger partial charge in [-0.2, -0.15) is 0 Å². The van der Waals surface area contributed by atoms with Gasteiger partial charge in [-0.05, 0) is 30.7 Å². The van der Waals surface area contributed by atoms with Crippen LogP contribution >= 0.6 is 11.6 Å². The van der Waals surface area contributed by atoms with Gasteiger partial charge in [-0.1, -0.05) is 48.0 Å². The standard InChI is InChI=1S/C25H24ClN3O2/c1-18-14-22-24(31-18)16-23(29(22)17-19-6-3-2-4-7-19)25(30)28-12-10-27(11-13-28)21-9-5-8-20(26)15-21/h2-9,14-16H,10-13,17H2,1H3. The number of carbonyl (C=O) groups is 1. The van der Waals surface area contributed by atoms with Crippen molar-refractivity contribution in [2.24, 2.45) is 0 Å². The monoisotopic (exact) mass is 433 g/mol. The number of carbonyl (C=O) groups excluding carboxylic acids is 1. The highest BCUT2D eigenvalue weighted by molar-refractivity contribution is 6.30. The van der Waals surface area contributed by atoms with E-state index in [0.717, 1.165) is 46.2 Å². The molecule has 0 bridgehead atoms. The van der Waals surface area contributed by atoms with Gasteiger partial charge in [0.2, 0.25) is 0 Å². The second-order valence-electron chi connectivity index (χ2n) is 7.97. The van der Waals surface area contributed by atoms with Crippen molar-refractivity contribution >= 4 is 34.3 Å². The second kappa shape index (κ2) is 8.16. The van der Waals surface area contributed by atoms with Gasteiger partial charge in [0.05, 0.1) is 5.52 Å². The van der Waals surface area contributed by atoms with Crippen LogP contribution in [0.3, 0.4) is 0 Å². The Bertz CT molecular complexity index is 1220. The van der Waals surface area contributed by atoms with Crippen molar-refractivity contribution in [1.82, 2.24) is 9.47 Å². The average Bonchev–Trinajstić information content (AvgIpc) is 3.31. The Morgan fingerprint density at radius 3 is 2.48 bits per heavy atom. The Morgan fingerprint density at radius 2 is 1.74 bits per heavy atom. The number of anilines is 1. The van der Waals surface area contributed by atoms with Crippen molar-refractivity contribution in [3.63, 3.8) is 0 Å². The first kappa shape index (κ1) is 19.8. The molecule has 4 aromatic rings. The topological polar surface area (TPSA) is 41.6 Å². The largest absolute Gasteiger partial charge is 0.460 e. The first-order valence-electron chi connectivity index (χ1n) is 10.5. The Balaban J connectivity index is 1.38. The van der Waals surface area contributed by atoms with Gasteiger partial charge in [-0.3, -0.25) is 4.79 Å². The number of amides is 1. The highest BCUT2D eigenvalue weighted by Crippen LogP contribution is 2.27. The van der Waals surface area contributed by atoms with Gasteiger partial charge in [0.15, 0.2) is 5.58 Å². The van der Waals surface area contributed by atoms with E-state index in [1.165, 1.54) is 0 Å². The van der Waals surface area contributed by atoms with Crippen molar-refractivity contribution in [3.05, 3.63) is 88.8 Å². The molecular weight excluding hydrogens is 410 g/mol. The van der Waals surface area contributed by atoms with Crippen LogP contribution < -0.4 is 4.90 Å². The molecule has 5 rings (SSSR count). The number of furan rings is 1. The predicted octanol–water partition coefficient (Wildman–Crippen LogP) is 5.21. The number of aromatic nitrogens is 1. The number of halogens is 1. The number of fused-ring (bicyclic) bond motifs is 1. The Kier molecular flexibility index (Phi) is 5.20. The molecule has 2 aromatic carbocycles. The van der Waals surface area contributed by atoms with Crippen LogP contribution in [0, 0.1) is 6.92 Å². The van der Waals surface area contributed by atoms with Crippen molar-refractivity contribution in [3.8, 4) is 0 Å². The summed E-state index contributed by atoms with van der Waals surface area (Å²) in [4.78, 5) is 17.7. The zero-order valence-electron chi connectivity index (χ0n) is 17.4. The van der Waals surface area contributed by atoms with Gasteiger partial charge in [0, 0.05) is 55.6 Å². The molecule has 1 saturated heterocycles. The summed E-state index contributed by atoms with van der Waals surface area (Å²) in [6.07, 6.45) is 0. The summed E-state index contributed by atoms with van der Waals surface area (Å²) in [6.45, 7) is 5.46. The van der Waals surface area contributed by atoms with Crippen LogP contribution in [0.4, 0.5) is 5.69 Å². The second-order valence-corrected chi connectivity index (χ2v) is 8.40. The molecule has 31 heavy (non-hydrogen) atoms. The molecule has 5 nitrogen and oxygen atoms in total. The number of hydrogen-bond donors (Lipinski definition) is 0. The van der Waals surface area contributed by atoms with Crippen LogP contribution in [0.1, 0.15) is 21.8 Å². The average molecular weight is 434 g/mol. The summed E-state index contributed by atoms with van der Waals surface area (Å²) in [5.74, 6) is 0.895. The summed E-state index contributed by atoms with van der Waals surface area (Å²) in [5, 5.41) is 0.729. The fraction of sp³-hybridized carbons (Fsp3) is 0.240. The molecule has 158 valence electrons. The van der Waals surface area contributed by atoms with E-state index in [2.05, 4.69) is 27.7 Å². The van der Waals surface area contributed by atoms with E-state index in [4.69, 9.17) is 16.0 Å². The summed E-state index contributed by atoms with van der Waals surface area (Å²) in [7, 11) is 0. The lowest BCUT2D eigenvalue weighted by Gasteiger charge is -2.36. The summed E-state index contributed by atoms with van der Waals surface area (Å²) < 4.78 is 7.91. The van der Waals surface area contributed by atoms with E-state index in [0.29, 0.717) is 25.3 Å². The highest BCUT2D eigenvalue weighted by Gasteiger charge is 2.26. The fourth-order valence-electron chi connectivity index (χ4n) is 4.28. The summed E-state index contributed by atoms with van der Waals surface area (Å²) in [6, 6.07) is 22.0. The maximum absolute atomic E-state index is 13.5. The number of aryl methyl sites for hydroxylation is 1. The van der Waals surface area contributed by atoms with Crippen molar-refractivity contribution < 1.29 is 9.21 Å². The molecule has 0 radical (unpaired) electrons. The van der Waals surface area contributed by atoms with Gasteiger partial charge in [0.1, 0.15) is 11.5 Å². The molecule has 0 unspecified atom stereocenters. The number of piperazine rings is 1. The van der Waals surface area contributed by atoms with Gasteiger partial charge < -0.3 is 18.8 Å². The van der Waals surface area contributed by atoms with Gasteiger partial charge in [-0.15, -0.1) is 0 Å². The number of rotatable bonds is 4. The molecule has 1 aliphatic rings. The molecule has 0 spiro atoms. The molecule has 1 amide bonds. The van der Waals surface area contributed by atoms with Gasteiger partial charge >= 0.3 is 0 Å². The number of nitrogens with zero attached hydrogens (tertiary/aromatic N) is 3. The van der Waals surface area contributed by atoms with Crippen molar-refractivity contribution in [1.29, 1.82) is 0 Å². The molecule has 0 atom stereocenters. The van der Waals surface area contributed by atoms with E-state index in [1.807, 2.05) is 60.4 Å². The lowest BCUT2D eigenvalue weighted by atomic mass is 10.2. The highest BCUT2D eigenvalue weighted by atomic mass is 35.5. The Morgan fingerprint density at radius 1 is 0.968 bits per heavy atom. The van der Waals surface area contributed by atoms with Crippen LogP contribution in [0.15, 0.2) is 71.1 Å². The zero-order chi connectivity index (χ0) is 21.4. The first-order valence-corrected chi connectivity index (χ1v) is 10.9. The van der Waals surface area contributed by atoms with Crippen molar-refractivity contribution in [2.75, 3.05) is 31.1 Å². The van der Waals surface area contributed by atoms with E-state index in [9.17, 15) is 4.79 Å². The van der Waals surface area contributed by atoms with Crippen LogP contribution in [-0.4, -0.2) is 41.6 Å². The SMILES string of the molecule is Cc1cc2c(cc(C(=O)N3CCN(c4cccc(Cl)c4)CC3)n2Cc2ccccc2)o1. The van der Waals surface area contributed by atoms with E-state index >= 15 is 0 Å². The minimum atomic E-state index is 0.0470. The normalized spacial score (nSPS) is 14.4. The number of benzene rings is 2. The number of hydrogen-bond acceptors (Lipinski definition) is 3. The van der Waals surface area contributed by atoms with Crippen LogP contribution in [0.5, 0.6) is 0 Å². The third kappa shape index (κ3) is 3.93. The molecular formula is C25H24ClN3O2. The van der Waals surface area contributed by atoms with Crippen LogP contribution in [0.25, 0.3) is 11.1 Å². The molecule has 2 aromatic heterocycles. The van der Waals surface area contributed by atoms with Crippen LogP contribution in [0.2, 0.25) is 5.02 Å². The van der Waals surface area contributed by atoms with E-state index < -0.39 is 0 Å². The smallest absolute Gasteiger partial charge is 0.270 e.